The molecular formula is C26H21F3N2O3S. The van der Waals surface area contributed by atoms with E-state index in [0.29, 0.717) is 16.9 Å². The van der Waals surface area contributed by atoms with Crippen LogP contribution in [0.5, 0.6) is 5.75 Å². The maximum absolute atomic E-state index is 13.6. The molecule has 4 rings (SSSR count). The van der Waals surface area contributed by atoms with E-state index in [1.165, 1.54) is 13.2 Å². The molecule has 1 unspecified atom stereocenters. The molecule has 0 saturated carbocycles. The number of aromatic nitrogens is 1. The molecule has 180 valence electrons. The highest BCUT2D eigenvalue weighted by molar-refractivity contribution is 7.89. The predicted octanol–water partition coefficient (Wildman–Crippen LogP) is 5.84. The summed E-state index contributed by atoms with van der Waals surface area (Å²) in [6, 6.07) is 20.7. The monoisotopic (exact) mass is 498 g/mol. The number of sulfonamides is 1. The minimum absolute atomic E-state index is 0.528. The van der Waals surface area contributed by atoms with Crippen molar-refractivity contribution in [3.63, 3.8) is 0 Å². The minimum Gasteiger partial charge on any atom is -0.494 e. The van der Waals surface area contributed by atoms with Gasteiger partial charge < -0.3 is 4.74 Å². The maximum atomic E-state index is 13.6. The number of pyridine rings is 1. The fourth-order valence-electron chi connectivity index (χ4n) is 3.79. The van der Waals surface area contributed by atoms with Crippen LogP contribution in [0.1, 0.15) is 22.7 Å². The molecule has 0 saturated heterocycles. The number of nitrogens with one attached hydrogen (secondary N) is 1. The van der Waals surface area contributed by atoms with Gasteiger partial charge >= 0.3 is 6.18 Å². The Kier molecular flexibility index (Phi) is 6.90. The predicted molar refractivity (Wildman–Crippen MR) is 126 cm³/mol. The molecule has 1 N–H and O–H groups in total. The van der Waals surface area contributed by atoms with Gasteiger partial charge in [-0.05, 0) is 41.0 Å². The Morgan fingerprint density at radius 1 is 0.886 bits per heavy atom. The molecule has 0 spiro atoms. The van der Waals surface area contributed by atoms with Gasteiger partial charge in [0.1, 0.15) is 5.75 Å². The molecule has 1 heterocycles. The number of alkyl halides is 3. The van der Waals surface area contributed by atoms with Crippen molar-refractivity contribution in [3.8, 4) is 16.9 Å². The zero-order valence-corrected chi connectivity index (χ0v) is 19.3. The number of hydrogen-bond acceptors (Lipinski definition) is 4. The summed E-state index contributed by atoms with van der Waals surface area (Å²) in [6.07, 6.45) is -1.66. The van der Waals surface area contributed by atoms with E-state index in [9.17, 15) is 21.6 Å². The lowest BCUT2D eigenvalue weighted by Crippen LogP contribution is -2.31. The second kappa shape index (κ2) is 9.89. The number of hydrogen-bond donors (Lipinski definition) is 1. The first-order valence-corrected chi connectivity index (χ1v) is 12.0. The van der Waals surface area contributed by atoms with Crippen molar-refractivity contribution in [2.24, 2.45) is 0 Å². The average molecular weight is 499 g/mol. The van der Waals surface area contributed by atoms with E-state index >= 15 is 0 Å². The zero-order valence-electron chi connectivity index (χ0n) is 18.5. The topological polar surface area (TPSA) is 68.3 Å². The number of halogens is 3. The lowest BCUT2D eigenvalue weighted by molar-refractivity contribution is -0.139. The molecule has 0 radical (unpaired) electrons. The summed E-state index contributed by atoms with van der Waals surface area (Å²) >= 11 is 0. The highest BCUT2D eigenvalue weighted by atomic mass is 32.2. The Morgan fingerprint density at radius 2 is 1.57 bits per heavy atom. The summed E-state index contributed by atoms with van der Waals surface area (Å²) in [5, 5.41) is 0. The van der Waals surface area contributed by atoms with Gasteiger partial charge in [-0.25, -0.2) is 8.42 Å². The molecule has 0 aliphatic heterocycles. The van der Waals surface area contributed by atoms with Crippen LogP contribution < -0.4 is 9.46 Å². The number of ether oxygens (including phenoxy) is 1. The third-order valence-corrected chi connectivity index (χ3v) is 6.90. The Balaban J connectivity index is 1.82. The van der Waals surface area contributed by atoms with Gasteiger partial charge in [-0.2, -0.15) is 17.9 Å². The van der Waals surface area contributed by atoms with Gasteiger partial charge in [-0.3, -0.25) is 4.98 Å². The molecule has 0 aliphatic rings. The second-order valence-corrected chi connectivity index (χ2v) is 9.34. The van der Waals surface area contributed by atoms with Crippen molar-refractivity contribution >= 4 is 10.0 Å². The Bertz CT molecular complexity index is 1430. The van der Waals surface area contributed by atoms with E-state index in [2.05, 4.69) is 9.71 Å². The molecule has 1 atom stereocenters. The Labute approximate surface area is 201 Å². The minimum atomic E-state index is -4.83. The van der Waals surface area contributed by atoms with E-state index in [1.54, 1.807) is 67.0 Å². The van der Waals surface area contributed by atoms with Crippen LogP contribution >= 0.6 is 0 Å². The fourth-order valence-corrected chi connectivity index (χ4v) is 5.24. The summed E-state index contributed by atoms with van der Waals surface area (Å²) in [5.41, 5.74) is 1.36. The van der Waals surface area contributed by atoms with Crippen molar-refractivity contribution in [3.05, 3.63) is 114 Å². The van der Waals surface area contributed by atoms with Crippen LogP contribution in [0, 0.1) is 0 Å². The molecule has 9 heteroatoms. The second-order valence-electron chi connectivity index (χ2n) is 7.66. The van der Waals surface area contributed by atoms with Crippen LogP contribution in [0.4, 0.5) is 13.2 Å². The van der Waals surface area contributed by atoms with E-state index < -0.39 is 32.7 Å². The lowest BCUT2D eigenvalue weighted by Gasteiger charge is -2.22. The molecule has 0 aliphatic carbocycles. The quantitative estimate of drug-likeness (QED) is 0.347. The molecule has 1 aromatic heterocycles. The van der Waals surface area contributed by atoms with Crippen LogP contribution in [0.3, 0.4) is 0 Å². The van der Waals surface area contributed by atoms with Crippen molar-refractivity contribution in [2.75, 3.05) is 7.11 Å². The van der Waals surface area contributed by atoms with Gasteiger partial charge in [0.2, 0.25) is 10.0 Å². The molecule has 5 nitrogen and oxygen atoms in total. The number of methoxy groups -OCH3 is 1. The smallest absolute Gasteiger partial charge is 0.417 e. The number of benzene rings is 3. The first-order valence-electron chi connectivity index (χ1n) is 10.5. The fraction of sp³-hybridized carbons (Fsp3) is 0.115. The Morgan fingerprint density at radius 3 is 2.29 bits per heavy atom. The highest BCUT2D eigenvalue weighted by Gasteiger charge is 2.37. The van der Waals surface area contributed by atoms with Gasteiger partial charge in [0.25, 0.3) is 0 Å². The lowest BCUT2D eigenvalue weighted by atomic mass is 9.96. The first kappa shape index (κ1) is 24.4. The van der Waals surface area contributed by atoms with E-state index in [-0.39, 0.29) is 0 Å². The number of nitrogens with zero attached hydrogens (tertiary/aromatic N) is 1. The van der Waals surface area contributed by atoms with Crippen molar-refractivity contribution in [2.45, 2.75) is 17.1 Å². The maximum Gasteiger partial charge on any atom is 0.417 e. The van der Waals surface area contributed by atoms with Crippen LogP contribution in [0.2, 0.25) is 0 Å². The van der Waals surface area contributed by atoms with E-state index in [0.717, 1.165) is 29.3 Å². The average Bonchev–Trinajstić information content (AvgIpc) is 2.87. The zero-order chi connectivity index (χ0) is 25.1. The van der Waals surface area contributed by atoms with Crippen LogP contribution in [0.15, 0.2) is 102 Å². The van der Waals surface area contributed by atoms with Gasteiger partial charge in [-0.15, -0.1) is 0 Å². The Hall–Kier alpha value is -3.69. The summed E-state index contributed by atoms with van der Waals surface area (Å²) in [4.78, 5) is 3.22. The molecule has 3 aromatic carbocycles. The van der Waals surface area contributed by atoms with Crippen LogP contribution in [-0.2, 0) is 16.2 Å². The first-order chi connectivity index (χ1) is 16.7. The van der Waals surface area contributed by atoms with Gasteiger partial charge in [0.05, 0.1) is 29.8 Å². The van der Waals surface area contributed by atoms with E-state index in [4.69, 9.17) is 4.74 Å². The van der Waals surface area contributed by atoms with Gasteiger partial charge in [0, 0.05) is 11.8 Å². The summed E-state index contributed by atoms with van der Waals surface area (Å²) < 4.78 is 75.1. The van der Waals surface area contributed by atoms with Gasteiger partial charge in [-0.1, -0.05) is 60.7 Å². The standard InChI is InChI=1S/C26H21F3N2O3S/c1-34-23-17-30-15-14-21(23)19-10-7-11-20(16-19)25(18-8-3-2-4-9-18)31-35(32,33)24-13-6-5-12-22(24)26(27,28)29/h2-17,25,31H,1H3. The molecule has 0 bridgehead atoms. The highest BCUT2D eigenvalue weighted by Crippen LogP contribution is 2.36. The third kappa shape index (κ3) is 5.36. The molecule has 4 aromatic rings. The van der Waals surface area contributed by atoms with Crippen molar-refractivity contribution in [1.29, 1.82) is 0 Å². The van der Waals surface area contributed by atoms with E-state index in [1.807, 2.05) is 6.07 Å². The third-order valence-electron chi connectivity index (χ3n) is 5.42. The van der Waals surface area contributed by atoms with Crippen LogP contribution in [0.25, 0.3) is 11.1 Å². The molecular weight excluding hydrogens is 477 g/mol. The van der Waals surface area contributed by atoms with Crippen LogP contribution in [-0.4, -0.2) is 20.5 Å². The van der Waals surface area contributed by atoms with Gasteiger partial charge in [0.15, 0.2) is 0 Å². The van der Waals surface area contributed by atoms with Crippen molar-refractivity contribution < 1.29 is 26.3 Å². The largest absolute Gasteiger partial charge is 0.494 e. The molecule has 35 heavy (non-hydrogen) atoms. The number of rotatable bonds is 7. The summed E-state index contributed by atoms with van der Waals surface area (Å²) in [5.74, 6) is 0.528. The normalized spacial score (nSPS) is 12.8. The molecule has 0 amide bonds. The summed E-state index contributed by atoms with van der Waals surface area (Å²) in [7, 11) is -3.05. The molecule has 0 fully saturated rings. The summed E-state index contributed by atoms with van der Waals surface area (Å²) in [6.45, 7) is 0. The van der Waals surface area contributed by atoms with Crippen molar-refractivity contribution in [1.82, 2.24) is 9.71 Å². The SMILES string of the molecule is COc1cnccc1-c1cccc(C(NS(=O)(=O)c2ccccc2C(F)(F)F)c2ccccc2)c1.